The van der Waals surface area contributed by atoms with Crippen LogP contribution in [0.4, 0.5) is 5.82 Å². The van der Waals surface area contributed by atoms with E-state index in [-0.39, 0.29) is 0 Å². The van der Waals surface area contributed by atoms with E-state index >= 15 is 0 Å². The van der Waals surface area contributed by atoms with Crippen molar-refractivity contribution in [2.24, 2.45) is 0 Å². The molecular weight excluding hydrogens is 218 g/mol. The summed E-state index contributed by atoms with van der Waals surface area (Å²) in [4.78, 5) is 12.3. The monoisotopic (exact) mass is 233 g/mol. The molecule has 0 bridgehead atoms. The van der Waals surface area contributed by atoms with Crippen molar-refractivity contribution in [2.45, 2.75) is 25.7 Å². The summed E-state index contributed by atoms with van der Waals surface area (Å²) < 4.78 is 0. The molecule has 1 aliphatic heterocycles. The number of fused-ring (bicyclic) bond motifs is 1. The minimum atomic E-state index is 1.11. The Labute approximate surface area is 99.1 Å². The van der Waals surface area contributed by atoms with Gasteiger partial charge in [-0.3, -0.25) is 0 Å². The molecule has 0 aliphatic carbocycles. The average molecular weight is 233 g/mol. The van der Waals surface area contributed by atoms with Crippen molar-refractivity contribution in [2.75, 3.05) is 18.0 Å². The van der Waals surface area contributed by atoms with Gasteiger partial charge in [-0.15, -0.1) is 11.3 Å². The summed E-state index contributed by atoms with van der Waals surface area (Å²) in [6.45, 7) is 2.28. The quantitative estimate of drug-likeness (QED) is 0.758. The molecule has 1 aliphatic rings. The van der Waals surface area contributed by atoms with Crippen LogP contribution in [-0.4, -0.2) is 23.1 Å². The van der Waals surface area contributed by atoms with Gasteiger partial charge in [0.05, 0.1) is 5.39 Å². The van der Waals surface area contributed by atoms with Crippen LogP contribution < -0.4 is 4.90 Å². The third kappa shape index (κ3) is 1.78. The third-order valence-electron chi connectivity index (χ3n) is 3.15. The van der Waals surface area contributed by atoms with Crippen LogP contribution in [0.25, 0.3) is 10.2 Å². The lowest BCUT2D eigenvalue weighted by atomic mass is 10.2. The van der Waals surface area contributed by atoms with Gasteiger partial charge in [0.25, 0.3) is 0 Å². The first-order valence-corrected chi connectivity index (χ1v) is 6.76. The molecule has 3 heterocycles. The smallest absolute Gasteiger partial charge is 0.140 e. The van der Waals surface area contributed by atoms with Crippen LogP contribution in [-0.2, 0) is 0 Å². The predicted molar refractivity (Wildman–Crippen MR) is 68.1 cm³/mol. The normalized spacial score (nSPS) is 17.6. The summed E-state index contributed by atoms with van der Waals surface area (Å²) in [6.07, 6.45) is 6.98. The summed E-state index contributed by atoms with van der Waals surface area (Å²) in [5.41, 5.74) is 0. The fraction of sp³-hybridized carbons (Fsp3) is 0.500. The second-order valence-electron chi connectivity index (χ2n) is 4.24. The van der Waals surface area contributed by atoms with Gasteiger partial charge in [-0.25, -0.2) is 9.97 Å². The molecule has 16 heavy (non-hydrogen) atoms. The molecule has 3 rings (SSSR count). The summed E-state index contributed by atoms with van der Waals surface area (Å²) in [6, 6.07) is 2.14. The zero-order chi connectivity index (χ0) is 10.8. The van der Waals surface area contributed by atoms with Gasteiger partial charge in [0.2, 0.25) is 0 Å². The second kappa shape index (κ2) is 4.37. The molecule has 2 aromatic rings. The summed E-state index contributed by atoms with van der Waals surface area (Å²) in [5.74, 6) is 1.13. The lowest BCUT2D eigenvalue weighted by Gasteiger charge is -2.21. The highest BCUT2D eigenvalue weighted by atomic mass is 32.1. The molecule has 2 aromatic heterocycles. The largest absolute Gasteiger partial charge is 0.356 e. The molecule has 84 valence electrons. The number of anilines is 1. The van der Waals surface area contributed by atoms with E-state index in [4.69, 9.17) is 0 Å². The van der Waals surface area contributed by atoms with Crippen molar-refractivity contribution < 1.29 is 0 Å². The SMILES string of the molecule is c1nc(N2CCCCCC2)c2ccsc2n1. The van der Waals surface area contributed by atoms with E-state index in [2.05, 4.69) is 26.3 Å². The summed E-state index contributed by atoms with van der Waals surface area (Å²) >= 11 is 1.69. The average Bonchev–Trinajstić information content (AvgIpc) is 2.63. The van der Waals surface area contributed by atoms with Crippen LogP contribution in [0, 0.1) is 0 Å². The second-order valence-corrected chi connectivity index (χ2v) is 5.13. The number of hydrogen-bond donors (Lipinski definition) is 0. The van der Waals surface area contributed by atoms with Crippen LogP contribution in [0.1, 0.15) is 25.7 Å². The number of rotatable bonds is 1. The van der Waals surface area contributed by atoms with Crippen molar-refractivity contribution in [3.05, 3.63) is 17.8 Å². The van der Waals surface area contributed by atoms with E-state index in [1.54, 1.807) is 17.7 Å². The van der Waals surface area contributed by atoms with E-state index in [0.29, 0.717) is 0 Å². The maximum absolute atomic E-state index is 4.47. The molecule has 0 atom stereocenters. The maximum Gasteiger partial charge on any atom is 0.140 e. The molecule has 0 unspecified atom stereocenters. The van der Waals surface area contributed by atoms with Crippen LogP contribution in [0.2, 0.25) is 0 Å². The molecule has 0 saturated carbocycles. The topological polar surface area (TPSA) is 29.0 Å². The van der Waals surface area contributed by atoms with E-state index in [0.717, 1.165) is 23.7 Å². The zero-order valence-electron chi connectivity index (χ0n) is 9.22. The number of thiophene rings is 1. The first-order chi connectivity index (χ1) is 7.95. The Kier molecular flexibility index (Phi) is 2.74. The Hall–Kier alpha value is -1.16. The van der Waals surface area contributed by atoms with E-state index < -0.39 is 0 Å². The highest BCUT2D eigenvalue weighted by molar-refractivity contribution is 7.16. The number of nitrogens with zero attached hydrogens (tertiary/aromatic N) is 3. The first-order valence-electron chi connectivity index (χ1n) is 5.88. The van der Waals surface area contributed by atoms with Crippen molar-refractivity contribution in [1.82, 2.24) is 9.97 Å². The van der Waals surface area contributed by atoms with Crippen molar-refractivity contribution in [1.29, 1.82) is 0 Å². The van der Waals surface area contributed by atoms with Gasteiger partial charge in [0.1, 0.15) is 17.0 Å². The Morgan fingerprint density at radius 2 is 1.88 bits per heavy atom. The van der Waals surface area contributed by atoms with Crippen molar-refractivity contribution in [3.63, 3.8) is 0 Å². The van der Waals surface area contributed by atoms with Crippen LogP contribution in [0.5, 0.6) is 0 Å². The van der Waals surface area contributed by atoms with Gasteiger partial charge in [-0.2, -0.15) is 0 Å². The third-order valence-corrected chi connectivity index (χ3v) is 3.97. The highest BCUT2D eigenvalue weighted by Gasteiger charge is 2.14. The Balaban J connectivity index is 2.00. The van der Waals surface area contributed by atoms with Crippen LogP contribution in [0.3, 0.4) is 0 Å². The molecular formula is C12H15N3S. The molecule has 1 saturated heterocycles. The minimum absolute atomic E-state index is 1.11. The Morgan fingerprint density at radius 1 is 1.06 bits per heavy atom. The van der Waals surface area contributed by atoms with Gasteiger partial charge in [-0.05, 0) is 24.3 Å². The summed E-state index contributed by atoms with van der Waals surface area (Å²) in [7, 11) is 0. The predicted octanol–water partition coefficient (Wildman–Crippen LogP) is 3.07. The molecule has 0 N–H and O–H groups in total. The van der Waals surface area contributed by atoms with Gasteiger partial charge < -0.3 is 4.90 Å². The van der Waals surface area contributed by atoms with E-state index in [1.165, 1.54) is 31.1 Å². The molecule has 0 spiro atoms. The van der Waals surface area contributed by atoms with Gasteiger partial charge in [-0.1, -0.05) is 12.8 Å². The molecule has 0 radical (unpaired) electrons. The van der Waals surface area contributed by atoms with E-state index in [1.807, 2.05) is 0 Å². The number of aromatic nitrogens is 2. The molecule has 1 fully saturated rings. The molecule has 3 nitrogen and oxygen atoms in total. The van der Waals surface area contributed by atoms with Crippen LogP contribution >= 0.6 is 11.3 Å². The standard InChI is InChI=1S/C12H15N3S/c1-2-4-7-15(6-3-1)11-10-5-8-16-12(10)14-9-13-11/h5,8-9H,1-4,6-7H2. The molecule has 0 aromatic carbocycles. The lowest BCUT2D eigenvalue weighted by molar-refractivity contribution is 0.726. The lowest BCUT2D eigenvalue weighted by Crippen LogP contribution is -2.25. The van der Waals surface area contributed by atoms with Gasteiger partial charge in [0, 0.05) is 13.1 Å². The first kappa shape index (κ1) is 10.0. The summed E-state index contributed by atoms with van der Waals surface area (Å²) in [5, 5.41) is 3.31. The minimum Gasteiger partial charge on any atom is -0.356 e. The Bertz CT molecular complexity index is 472. The van der Waals surface area contributed by atoms with Crippen molar-refractivity contribution in [3.8, 4) is 0 Å². The fourth-order valence-corrected chi connectivity index (χ4v) is 3.04. The number of hydrogen-bond acceptors (Lipinski definition) is 4. The maximum atomic E-state index is 4.47. The van der Waals surface area contributed by atoms with Crippen molar-refractivity contribution >= 4 is 27.4 Å². The van der Waals surface area contributed by atoms with Crippen LogP contribution in [0.15, 0.2) is 17.8 Å². The van der Waals surface area contributed by atoms with E-state index in [9.17, 15) is 0 Å². The van der Waals surface area contributed by atoms with Gasteiger partial charge in [0.15, 0.2) is 0 Å². The fourth-order valence-electron chi connectivity index (χ4n) is 2.31. The van der Waals surface area contributed by atoms with Gasteiger partial charge >= 0.3 is 0 Å². The molecule has 0 amide bonds. The highest BCUT2D eigenvalue weighted by Crippen LogP contribution is 2.28. The molecule has 4 heteroatoms. The Morgan fingerprint density at radius 3 is 2.69 bits per heavy atom. The zero-order valence-corrected chi connectivity index (χ0v) is 10.0.